The molecule has 1 nitrogen and oxygen atoms in total. The van der Waals surface area contributed by atoms with Gasteiger partial charge in [0.1, 0.15) is 0 Å². The van der Waals surface area contributed by atoms with Crippen LogP contribution < -0.4 is 5.32 Å². The van der Waals surface area contributed by atoms with Crippen molar-refractivity contribution in [3.8, 4) is 0 Å². The van der Waals surface area contributed by atoms with E-state index in [2.05, 4.69) is 56.4 Å². The van der Waals surface area contributed by atoms with Crippen LogP contribution >= 0.6 is 0 Å². The second-order valence-electron chi connectivity index (χ2n) is 4.36. The van der Waals surface area contributed by atoms with Crippen molar-refractivity contribution in [2.75, 3.05) is 13.1 Å². The fourth-order valence-electron chi connectivity index (χ4n) is 1.81. The third-order valence-electron chi connectivity index (χ3n) is 2.47. The molecule has 0 aromatic heterocycles. The van der Waals surface area contributed by atoms with Crippen molar-refractivity contribution < 1.29 is 0 Å². The van der Waals surface area contributed by atoms with Gasteiger partial charge in [0.2, 0.25) is 0 Å². The normalized spacial score (nSPS) is 11.2. The lowest BCUT2D eigenvalue weighted by atomic mass is 10.1. The van der Waals surface area contributed by atoms with Crippen molar-refractivity contribution in [3.05, 3.63) is 41.0 Å². The van der Waals surface area contributed by atoms with E-state index in [0.717, 1.165) is 19.5 Å². The molecule has 0 heterocycles. The van der Waals surface area contributed by atoms with E-state index in [1.54, 1.807) is 0 Å². The highest BCUT2D eigenvalue weighted by Gasteiger charge is 1.91. The van der Waals surface area contributed by atoms with Crippen LogP contribution in [0.2, 0.25) is 0 Å². The van der Waals surface area contributed by atoms with Gasteiger partial charge in [-0.25, -0.2) is 0 Å². The Hall–Kier alpha value is -1.08. The second-order valence-corrected chi connectivity index (χ2v) is 4.36. The first-order chi connectivity index (χ1) is 7.72. The SMILES string of the molecule is CCCNCCC=Cc1cc(C)cc(C)c1. The van der Waals surface area contributed by atoms with E-state index in [9.17, 15) is 0 Å². The van der Waals surface area contributed by atoms with Gasteiger partial charge in [-0.3, -0.25) is 0 Å². The highest BCUT2D eigenvalue weighted by Crippen LogP contribution is 2.10. The molecule has 1 N–H and O–H groups in total. The third kappa shape index (κ3) is 5.13. The number of nitrogens with one attached hydrogen (secondary N) is 1. The zero-order valence-corrected chi connectivity index (χ0v) is 10.7. The number of benzene rings is 1. The zero-order chi connectivity index (χ0) is 11.8. The monoisotopic (exact) mass is 217 g/mol. The van der Waals surface area contributed by atoms with Crippen LogP contribution in [0.3, 0.4) is 0 Å². The fraction of sp³-hybridized carbons (Fsp3) is 0.467. The molecule has 16 heavy (non-hydrogen) atoms. The lowest BCUT2D eigenvalue weighted by Gasteiger charge is -2.01. The molecule has 1 rings (SSSR count). The molecule has 0 unspecified atom stereocenters. The van der Waals surface area contributed by atoms with Gasteiger partial charge in [-0.05, 0) is 45.3 Å². The number of hydrogen-bond donors (Lipinski definition) is 1. The maximum Gasteiger partial charge on any atom is -0.00142 e. The van der Waals surface area contributed by atoms with Gasteiger partial charge in [-0.15, -0.1) is 0 Å². The molecule has 0 aliphatic carbocycles. The molecule has 0 radical (unpaired) electrons. The minimum atomic E-state index is 1.08. The number of hydrogen-bond acceptors (Lipinski definition) is 1. The Balaban J connectivity index is 2.37. The zero-order valence-electron chi connectivity index (χ0n) is 10.7. The van der Waals surface area contributed by atoms with Crippen LogP contribution in [0.5, 0.6) is 0 Å². The summed E-state index contributed by atoms with van der Waals surface area (Å²) in [5, 5.41) is 3.39. The summed E-state index contributed by atoms with van der Waals surface area (Å²) < 4.78 is 0. The molecule has 0 amide bonds. The van der Waals surface area contributed by atoms with E-state index in [1.165, 1.54) is 23.1 Å². The third-order valence-corrected chi connectivity index (χ3v) is 2.47. The highest BCUT2D eigenvalue weighted by atomic mass is 14.8. The molecular formula is C15H23N. The Morgan fingerprint density at radius 1 is 1.06 bits per heavy atom. The van der Waals surface area contributed by atoms with Gasteiger partial charge in [0.25, 0.3) is 0 Å². The van der Waals surface area contributed by atoms with E-state index >= 15 is 0 Å². The van der Waals surface area contributed by atoms with Crippen molar-refractivity contribution in [1.82, 2.24) is 5.32 Å². The largest absolute Gasteiger partial charge is 0.316 e. The van der Waals surface area contributed by atoms with Gasteiger partial charge in [0.05, 0.1) is 0 Å². The van der Waals surface area contributed by atoms with Crippen molar-refractivity contribution >= 4 is 6.08 Å². The van der Waals surface area contributed by atoms with Crippen LogP contribution in [-0.2, 0) is 0 Å². The molecule has 0 aliphatic heterocycles. The van der Waals surface area contributed by atoms with Crippen molar-refractivity contribution in [2.24, 2.45) is 0 Å². The van der Waals surface area contributed by atoms with Gasteiger partial charge in [-0.1, -0.05) is 48.4 Å². The molecule has 1 heteroatoms. The Morgan fingerprint density at radius 2 is 1.75 bits per heavy atom. The summed E-state index contributed by atoms with van der Waals surface area (Å²) in [6.45, 7) is 8.69. The van der Waals surface area contributed by atoms with Crippen LogP contribution in [0.15, 0.2) is 24.3 Å². The second kappa shape index (κ2) is 7.24. The van der Waals surface area contributed by atoms with Gasteiger partial charge in [0, 0.05) is 0 Å². The van der Waals surface area contributed by atoms with Gasteiger partial charge in [-0.2, -0.15) is 0 Å². The molecule has 0 spiro atoms. The van der Waals surface area contributed by atoms with E-state index in [4.69, 9.17) is 0 Å². The standard InChI is InChI=1S/C15H23N/c1-4-8-16-9-6-5-7-15-11-13(2)10-14(3)12-15/h5,7,10-12,16H,4,6,8-9H2,1-3H3. The molecule has 0 atom stereocenters. The maximum atomic E-state index is 3.39. The summed E-state index contributed by atoms with van der Waals surface area (Å²) in [6.07, 6.45) is 6.78. The summed E-state index contributed by atoms with van der Waals surface area (Å²) in [5.74, 6) is 0. The quantitative estimate of drug-likeness (QED) is 0.716. The molecule has 88 valence electrons. The summed E-state index contributed by atoms with van der Waals surface area (Å²) in [5.41, 5.74) is 3.99. The first kappa shape index (κ1) is 13.0. The molecule has 0 fully saturated rings. The van der Waals surface area contributed by atoms with E-state index in [-0.39, 0.29) is 0 Å². The number of aryl methyl sites for hydroxylation is 2. The smallest absolute Gasteiger partial charge is 0.00142 e. The van der Waals surface area contributed by atoms with Crippen LogP contribution in [-0.4, -0.2) is 13.1 Å². The van der Waals surface area contributed by atoms with Crippen LogP contribution in [0.4, 0.5) is 0 Å². The maximum absolute atomic E-state index is 3.39. The predicted molar refractivity (Wildman–Crippen MR) is 72.7 cm³/mol. The predicted octanol–water partition coefficient (Wildman–Crippen LogP) is 3.71. The van der Waals surface area contributed by atoms with E-state index in [1.807, 2.05) is 0 Å². The van der Waals surface area contributed by atoms with Gasteiger partial charge >= 0.3 is 0 Å². The van der Waals surface area contributed by atoms with Crippen molar-refractivity contribution in [3.63, 3.8) is 0 Å². The molecule has 1 aromatic carbocycles. The summed E-state index contributed by atoms with van der Waals surface area (Å²) in [7, 11) is 0. The molecule has 1 aromatic rings. The average Bonchev–Trinajstić information content (AvgIpc) is 2.22. The minimum absolute atomic E-state index is 1.08. The summed E-state index contributed by atoms with van der Waals surface area (Å²) in [4.78, 5) is 0. The van der Waals surface area contributed by atoms with Gasteiger partial charge in [0.15, 0.2) is 0 Å². The van der Waals surface area contributed by atoms with E-state index in [0.29, 0.717) is 0 Å². The Morgan fingerprint density at radius 3 is 2.38 bits per heavy atom. The fourth-order valence-corrected chi connectivity index (χ4v) is 1.81. The minimum Gasteiger partial charge on any atom is -0.316 e. The Kier molecular flexibility index (Phi) is 5.87. The summed E-state index contributed by atoms with van der Waals surface area (Å²) in [6, 6.07) is 6.66. The Labute approximate surface area is 99.6 Å². The number of rotatable bonds is 6. The van der Waals surface area contributed by atoms with Crippen LogP contribution in [0.25, 0.3) is 6.08 Å². The van der Waals surface area contributed by atoms with E-state index < -0.39 is 0 Å². The average molecular weight is 217 g/mol. The molecule has 0 aliphatic rings. The lowest BCUT2D eigenvalue weighted by Crippen LogP contribution is -2.14. The molecule has 0 saturated carbocycles. The van der Waals surface area contributed by atoms with Crippen LogP contribution in [0, 0.1) is 13.8 Å². The van der Waals surface area contributed by atoms with Crippen LogP contribution in [0.1, 0.15) is 36.5 Å². The molecule has 0 saturated heterocycles. The Bertz CT molecular complexity index is 319. The lowest BCUT2D eigenvalue weighted by molar-refractivity contribution is 0.679. The molecule has 0 bridgehead atoms. The first-order valence-corrected chi connectivity index (χ1v) is 6.18. The highest BCUT2D eigenvalue weighted by molar-refractivity contribution is 5.51. The van der Waals surface area contributed by atoms with Gasteiger partial charge < -0.3 is 5.32 Å². The van der Waals surface area contributed by atoms with Crippen molar-refractivity contribution in [2.45, 2.75) is 33.6 Å². The summed E-state index contributed by atoms with van der Waals surface area (Å²) >= 11 is 0. The van der Waals surface area contributed by atoms with Crippen molar-refractivity contribution in [1.29, 1.82) is 0 Å². The topological polar surface area (TPSA) is 12.0 Å². The first-order valence-electron chi connectivity index (χ1n) is 6.18. The molecular weight excluding hydrogens is 194 g/mol.